The molecule has 0 saturated carbocycles. The summed E-state index contributed by atoms with van der Waals surface area (Å²) < 4.78 is 64.5. The van der Waals surface area contributed by atoms with Gasteiger partial charge in [-0.1, -0.05) is 23.2 Å². The lowest BCUT2D eigenvalue weighted by atomic mass is 10.2. The Bertz CT molecular complexity index is 368. The van der Waals surface area contributed by atoms with Crippen molar-refractivity contribution in [1.82, 2.24) is 0 Å². The molecule has 0 spiro atoms. The third kappa shape index (κ3) is 3.12. The first-order valence-electron chi connectivity index (χ1n) is 3.73. The summed E-state index contributed by atoms with van der Waals surface area (Å²) in [6.45, 7) is -3.16. The summed E-state index contributed by atoms with van der Waals surface area (Å²) in [7, 11) is 0. The van der Waals surface area contributed by atoms with Crippen LogP contribution in [-0.4, -0.2) is 6.61 Å². The van der Waals surface area contributed by atoms with E-state index >= 15 is 0 Å². The average molecular weight is 281 g/mol. The van der Waals surface area contributed by atoms with Crippen LogP contribution in [0.2, 0.25) is 10.0 Å². The molecule has 90 valence electrons. The number of hydrogen-bond donors (Lipinski definition) is 0. The van der Waals surface area contributed by atoms with Gasteiger partial charge in [0.2, 0.25) is 0 Å². The van der Waals surface area contributed by atoms with E-state index in [0.717, 1.165) is 0 Å². The zero-order chi connectivity index (χ0) is 12.5. The van der Waals surface area contributed by atoms with Gasteiger partial charge in [0, 0.05) is 0 Å². The SMILES string of the molecule is FC(F)Oc1cc(Cl)c(C(F)(F)F)c(Cl)c1. The van der Waals surface area contributed by atoms with Crippen molar-refractivity contribution in [3.8, 4) is 5.75 Å². The second-order valence-corrected chi connectivity index (χ2v) is 3.45. The second-order valence-electron chi connectivity index (χ2n) is 2.64. The van der Waals surface area contributed by atoms with Gasteiger partial charge in [-0.3, -0.25) is 0 Å². The lowest BCUT2D eigenvalue weighted by Crippen LogP contribution is -2.08. The number of hydrogen-bond acceptors (Lipinski definition) is 1. The highest BCUT2D eigenvalue weighted by Gasteiger charge is 2.36. The summed E-state index contributed by atoms with van der Waals surface area (Å²) in [5.74, 6) is -0.530. The number of rotatable bonds is 2. The van der Waals surface area contributed by atoms with Crippen molar-refractivity contribution >= 4 is 23.2 Å². The lowest BCUT2D eigenvalue weighted by Gasteiger charge is -2.12. The molecule has 8 heteroatoms. The molecule has 0 aliphatic rings. The van der Waals surface area contributed by atoms with Gasteiger partial charge in [-0.2, -0.15) is 22.0 Å². The van der Waals surface area contributed by atoms with E-state index in [-0.39, 0.29) is 0 Å². The van der Waals surface area contributed by atoms with Crippen molar-refractivity contribution in [1.29, 1.82) is 0 Å². The van der Waals surface area contributed by atoms with Gasteiger partial charge in [0.05, 0.1) is 15.6 Å². The van der Waals surface area contributed by atoms with Gasteiger partial charge >= 0.3 is 12.8 Å². The molecule has 1 aromatic rings. The van der Waals surface area contributed by atoms with Gasteiger partial charge in [0.1, 0.15) is 5.75 Å². The summed E-state index contributed by atoms with van der Waals surface area (Å²) in [4.78, 5) is 0. The van der Waals surface area contributed by atoms with E-state index in [0.29, 0.717) is 12.1 Å². The Morgan fingerprint density at radius 1 is 1.06 bits per heavy atom. The van der Waals surface area contributed by atoms with E-state index in [1.807, 2.05) is 0 Å². The molecule has 16 heavy (non-hydrogen) atoms. The lowest BCUT2D eigenvalue weighted by molar-refractivity contribution is -0.137. The molecule has 0 aromatic heterocycles. The maximum absolute atomic E-state index is 12.3. The first-order chi connectivity index (χ1) is 7.21. The van der Waals surface area contributed by atoms with E-state index in [4.69, 9.17) is 23.2 Å². The van der Waals surface area contributed by atoms with Gasteiger partial charge in [0.25, 0.3) is 0 Å². The molecule has 0 heterocycles. The van der Waals surface area contributed by atoms with Crippen LogP contribution in [0.25, 0.3) is 0 Å². The van der Waals surface area contributed by atoms with Crippen LogP contribution in [0.1, 0.15) is 5.56 Å². The fourth-order valence-corrected chi connectivity index (χ4v) is 1.67. The fourth-order valence-electron chi connectivity index (χ4n) is 0.992. The van der Waals surface area contributed by atoms with Crippen LogP contribution >= 0.6 is 23.2 Å². The van der Waals surface area contributed by atoms with Crippen molar-refractivity contribution in [2.75, 3.05) is 0 Å². The topological polar surface area (TPSA) is 9.23 Å². The quantitative estimate of drug-likeness (QED) is 0.719. The second kappa shape index (κ2) is 4.63. The minimum atomic E-state index is -4.75. The fraction of sp³-hybridized carbons (Fsp3) is 0.250. The van der Waals surface area contributed by atoms with Gasteiger partial charge in [0.15, 0.2) is 0 Å². The first kappa shape index (κ1) is 13.3. The summed E-state index contributed by atoms with van der Waals surface area (Å²) in [5, 5.41) is -1.59. The van der Waals surface area contributed by atoms with Crippen LogP contribution in [-0.2, 0) is 6.18 Å². The highest BCUT2D eigenvalue weighted by molar-refractivity contribution is 6.36. The summed E-state index contributed by atoms with van der Waals surface area (Å²) in [6, 6.07) is 1.25. The summed E-state index contributed by atoms with van der Waals surface area (Å²) in [6.07, 6.45) is -4.75. The number of benzene rings is 1. The van der Waals surface area contributed by atoms with Crippen LogP contribution < -0.4 is 4.74 Å². The van der Waals surface area contributed by atoms with E-state index in [1.165, 1.54) is 0 Å². The minimum Gasteiger partial charge on any atom is -0.435 e. The van der Waals surface area contributed by atoms with Crippen LogP contribution in [0, 0.1) is 0 Å². The van der Waals surface area contributed by atoms with Gasteiger partial charge < -0.3 is 4.74 Å². The maximum atomic E-state index is 12.3. The standard InChI is InChI=1S/C8H3Cl2F5O/c9-4-1-3(16-7(11)12)2-5(10)6(4)8(13,14)15/h1-2,7H. The van der Waals surface area contributed by atoms with Gasteiger partial charge in [-0.25, -0.2) is 0 Å². The molecule has 0 bridgehead atoms. The molecule has 0 fully saturated rings. The highest BCUT2D eigenvalue weighted by atomic mass is 35.5. The largest absolute Gasteiger partial charge is 0.435 e. The first-order valence-corrected chi connectivity index (χ1v) is 4.48. The minimum absolute atomic E-state index is 0.530. The van der Waals surface area contributed by atoms with E-state index in [2.05, 4.69) is 4.74 Å². The summed E-state index contributed by atoms with van der Waals surface area (Å²) in [5.41, 5.74) is -1.28. The van der Waals surface area contributed by atoms with Crippen molar-refractivity contribution < 1.29 is 26.7 Å². The molecule has 0 unspecified atom stereocenters. The molecule has 0 aliphatic heterocycles. The number of alkyl halides is 5. The molecule has 1 aromatic carbocycles. The van der Waals surface area contributed by atoms with Crippen LogP contribution in [0.15, 0.2) is 12.1 Å². The molecule has 0 radical (unpaired) electrons. The van der Waals surface area contributed by atoms with Gasteiger partial charge in [-0.05, 0) is 12.1 Å². The molecule has 0 saturated heterocycles. The summed E-state index contributed by atoms with van der Waals surface area (Å²) >= 11 is 10.5. The number of ether oxygens (including phenoxy) is 1. The van der Waals surface area contributed by atoms with Crippen LogP contribution in [0.4, 0.5) is 22.0 Å². The highest BCUT2D eigenvalue weighted by Crippen LogP contribution is 2.41. The molecule has 0 amide bonds. The Morgan fingerprint density at radius 2 is 1.50 bits per heavy atom. The molecule has 1 rings (SSSR count). The third-order valence-electron chi connectivity index (χ3n) is 1.52. The maximum Gasteiger partial charge on any atom is 0.419 e. The smallest absolute Gasteiger partial charge is 0.419 e. The van der Waals surface area contributed by atoms with E-state index < -0.39 is 34.1 Å². The number of halogens is 7. The van der Waals surface area contributed by atoms with E-state index in [9.17, 15) is 22.0 Å². The zero-order valence-corrected chi connectivity index (χ0v) is 8.80. The normalized spacial score (nSPS) is 12.0. The molecular weight excluding hydrogens is 278 g/mol. The Kier molecular flexibility index (Phi) is 3.85. The zero-order valence-electron chi connectivity index (χ0n) is 7.29. The van der Waals surface area contributed by atoms with Crippen molar-refractivity contribution in [3.05, 3.63) is 27.7 Å². The molecule has 1 nitrogen and oxygen atoms in total. The Hall–Kier alpha value is -0.750. The van der Waals surface area contributed by atoms with Crippen molar-refractivity contribution in [2.45, 2.75) is 12.8 Å². The van der Waals surface area contributed by atoms with E-state index in [1.54, 1.807) is 0 Å². The van der Waals surface area contributed by atoms with Crippen LogP contribution in [0.5, 0.6) is 5.75 Å². The van der Waals surface area contributed by atoms with Crippen molar-refractivity contribution in [2.24, 2.45) is 0 Å². The predicted molar refractivity (Wildman–Crippen MR) is 48.1 cm³/mol. The predicted octanol–water partition coefficient (Wildman–Crippen LogP) is 4.61. The third-order valence-corrected chi connectivity index (χ3v) is 2.12. The Morgan fingerprint density at radius 3 is 1.81 bits per heavy atom. The monoisotopic (exact) mass is 280 g/mol. The van der Waals surface area contributed by atoms with Crippen LogP contribution in [0.3, 0.4) is 0 Å². The molecule has 0 atom stereocenters. The molecular formula is C8H3Cl2F5O. The molecule has 0 aliphatic carbocycles. The van der Waals surface area contributed by atoms with Crippen molar-refractivity contribution in [3.63, 3.8) is 0 Å². The average Bonchev–Trinajstić information content (AvgIpc) is 1.96. The Labute approximate surface area is 96.7 Å². The Balaban J connectivity index is 3.18. The van der Waals surface area contributed by atoms with Gasteiger partial charge in [-0.15, -0.1) is 0 Å². The molecule has 0 N–H and O–H groups in total.